The average molecular weight is 361 g/mol. The Bertz CT molecular complexity index is 915. The van der Waals surface area contributed by atoms with Gasteiger partial charge in [-0.05, 0) is 33.0 Å². The van der Waals surface area contributed by atoms with Gasteiger partial charge in [-0.1, -0.05) is 18.7 Å². The second-order valence-corrected chi connectivity index (χ2v) is 5.71. The Morgan fingerprint density at radius 3 is 2.88 bits per heavy atom. The molecule has 1 aliphatic rings. The molecule has 7 heteroatoms. The monoisotopic (exact) mass is 361 g/mol. The topological polar surface area (TPSA) is 48.3 Å². The van der Waals surface area contributed by atoms with E-state index in [9.17, 15) is 8.78 Å². The quantitative estimate of drug-likeness (QED) is 0.854. The van der Waals surface area contributed by atoms with Gasteiger partial charge in [-0.15, -0.1) is 0 Å². The van der Waals surface area contributed by atoms with Gasteiger partial charge in [0.15, 0.2) is 11.6 Å². The Hall–Kier alpha value is -2.67. The summed E-state index contributed by atoms with van der Waals surface area (Å²) >= 11 is 0. The maximum Gasteiger partial charge on any atom is 0.302 e. The molecule has 0 spiro atoms. The van der Waals surface area contributed by atoms with Crippen molar-refractivity contribution >= 4 is 16.7 Å². The first-order valence-electron chi connectivity index (χ1n) is 8.40. The van der Waals surface area contributed by atoms with Gasteiger partial charge in [0.2, 0.25) is 0 Å². The number of aromatic nitrogens is 2. The van der Waals surface area contributed by atoms with Crippen molar-refractivity contribution in [2.75, 3.05) is 20.3 Å². The predicted molar refractivity (Wildman–Crippen MR) is 96.8 cm³/mol. The summed E-state index contributed by atoms with van der Waals surface area (Å²) in [4.78, 5) is 4.31. The summed E-state index contributed by atoms with van der Waals surface area (Å²) in [6.07, 6.45) is 3.45. The molecule has 0 aliphatic carbocycles. The van der Waals surface area contributed by atoms with Gasteiger partial charge in [0.25, 0.3) is 0 Å². The van der Waals surface area contributed by atoms with Crippen molar-refractivity contribution in [1.29, 1.82) is 0 Å². The van der Waals surface area contributed by atoms with Crippen LogP contribution in [0.5, 0.6) is 6.01 Å². The van der Waals surface area contributed by atoms with Gasteiger partial charge in [-0.3, -0.25) is 4.57 Å². The zero-order chi connectivity index (χ0) is 18.8. The summed E-state index contributed by atoms with van der Waals surface area (Å²) in [5.74, 6) is -1.40. The number of ether oxygens (including phenoxy) is 2. The van der Waals surface area contributed by atoms with Crippen LogP contribution in [0.2, 0.25) is 0 Å². The molecule has 0 amide bonds. The molecule has 0 fully saturated rings. The zero-order valence-corrected chi connectivity index (χ0v) is 15.0. The fourth-order valence-corrected chi connectivity index (χ4v) is 3.09. The fourth-order valence-electron chi connectivity index (χ4n) is 3.09. The number of likely N-dealkylation sites (N-methyl/N-ethyl adjacent to an activating group) is 1. The third-order valence-electron chi connectivity index (χ3n) is 4.30. The predicted octanol–water partition coefficient (Wildman–Crippen LogP) is 3.63. The van der Waals surface area contributed by atoms with Crippen LogP contribution >= 0.6 is 0 Å². The number of halogens is 2. The number of hydrogen-bond acceptors (Lipinski definition) is 4. The van der Waals surface area contributed by atoms with Crippen molar-refractivity contribution in [3.63, 3.8) is 0 Å². The van der Waals surface area contributed by atoms with Crippen LogP contribution in [0.25, 0.3) is 16.7 Å². The minimum absolute atomic E-state index is 0.00831. The lowest BCUT2D eigenvalue weighted by Crippen LogP contribution is -2.27. The number of hydrogen-bond donors (Lipinski definition) is 1. The maximum absolute atomic E-state index is 14.6. The molecule has 26 heavy (non-hydrogen) atoms. The lowest BCUT2D eigenvalue weighted by Gasteiger charge is -2.15. The van der Waals surface area contributed by atoms with Crippen LogP contribution in [-0.4, -0.2) is 35.9 Å². The van der Waals surface area contributed by atoms with E-state index in [1.54, 1.807) is 26.0 Å². The number of imidazole rings is 1. The standard InChI is InChI=1S/C19H21F2N3O2/c1-5-11-14(22-4)10-26-18(11)15(6-2)24-17-13(23-19(24)25-7-3)9-8-12(20)16(17)21/h5-6,8-9,14,22H,1,7,10H2,2-4H3/b15-6+. The van der Waals surface area contributed by atoms with Crippen LogP contribution in [0.1, 0.15) is 13.8 Å². The smallest absolute Gasteiger partial charge is 0.302 e. The fraction of sp³-hybridized carbons (Fsp3) is 0.316. The van der Waals surface area contributed by atoms with Crippen molar-refractivity contribution in [2.45, 2.75) is 19.9 Å². The number of nitrogens with zero attached hydrogens (tertiary/aromatic N) is 2. The molecule has 5 nitrogen and oxygen atoms in total. The first-order chi connectivity index (χ1) is 12.6. The van der Waals surface area contributed by atoms with E-state index in [0.717, 1.165) is 11.6 Å². The minimum atomic E-state index is -0.982. The Morgan fingerprint density at radius 2 is 2.27 bits per heavy atom. The van der Waals surface area contributed by atoms with Crippen molar-refractivity contribution in [3.8, 4) is 6.01 Å². The first kappa shape index (κ1) is 18.1. The number of rotatable bonds is 6. The summed E-state index contributed by atoms with van der Waals surface area (Å²) in [6, 6.07) is 2.61. The van der Waals surface area contributed by atoms with Crippen LogP contribution in [0.4, 0.5) is 8.78 Å². The highest BCUT2D eigenvalue weighted by Crippen LogP contribution is 2.36. The summed E-state index contributed by atoms with van der Waals surface area (Å²) in [5.41, 5.74) is 1.67. The zero-order valence-electron chi connectivity index (χ0n) is 15.0. The molecular formula is C19H21F2N3O2. The highest BCUT2D eigenvalue weighted by molar-refractivity contribution is 5.84. The molecule has 0 saturated carbocycles. The van der Waals surface area contributed by atoms with Gasteiger partial charge in [0.05, 0.1) is 23.9 Å². The number of benzene rings is 1. The Kier molecular flexibility index (Phi) is 5.08. The molecule has 3 rings (SSSR count). The Balaban J connectivity index is 2.30. The second-order valence-electron chi connectivity index (χ2n) is 5.71. The van der Waals surface area contributed by atoms with Crippen LogP contribution < -0.4 is 10.1 Å². The van der Waals surface area contributed by atoms with Crippen molar-refractivity contribution in [3.05, 3.63) is 53.8 Å². The van der Waals surface area contributed by atoms with Crippen LogP contribution in [0, 0.1) is 11.6 Å². The lowest BCUT2D eigenvalue weighted by molar-refractivity contribution is 0.239. The second kappa shape index (κ2) is 7.29. The maximum atomic E-state index is 14.6. The lowest BCUT2D eigenvalue weighted by atomic mass is 10.1. The molecule has 2 aromatic rings. The van der Waals surface area contributed by atoms with Gasteiger partial charge < -0.3 is 14.8 Å². The van der Waals surface area contributed by atoms with Crippen LogP contribution in [-0.2, 0) is 4.74 Å². The van der Waals surface area contributed by atoms with E-state index in [1.807, 2.05) is 7.05 Å². The van der Waals surface area contributed by atoms with Gasteiger partial charge in [0.1, 0.15) is 17.9 Å². The molecule has 1 N–H and O–H groups in total. The summed E-state index contributed by atoms with van der Waals surface area (Å²) in [7, 11) is 1.82. The summed E-state index contributed by atoms with van der Waals surface area (Å²) < 4.78 is 41.4. The van der Waals surface area contributed by atoms with Crippen LogP contribution in [0.15, 0.2) is 42.2 Å². The molecule has 1 aliphatic heterocycles. The largest absolute Gasteiger partial charge is 0.489 e. The van der Waals surface area contributed by atoms with E-state index in [4.69, 9.17) is 9.47 Å². The van der Waals surface area contributed by atoms with Gasteiger partial charge in [0, 0.05) is 5.57 Å². The Labute approximate surface area is 150 Å². The molecule has 1 atom stereocenters. The minimum Gasteiger partial charge on any atom is -0.489 e. The Morgan fingerprint density at radius 1 is 1.50 bits per heavy atom. The van der Waals surface area contributed by atoms with E-state index in [-0.39, 0.29) is 17.6 Å². The van der Waals surface area contributed by atoms with Gasteiger partial charge >= 0.3 is 6.01 Å². The molecule has 0 radical (unpaired) electrons. The number of nitrogens with one attached hydrogen (secondary N) is 1. The number of fused-ring (bicyclic) bond motifs is 1. The summed E-state index contributed by atoms with van der Waals surface area (Å²) in [5, 5.41) is 3.15. The summed E-state index contributed by atoms with van der Waals surface area (Å²) in [6.45, 7) is 8.18. The van der Waals surface area contributed by atoms with E-state index >= 15 is 0 Å². The van der Waals surface area contributed by atoms with Crippen molar-refractivity contribution in [2.24, 2.45) is 0 Å². The van der Waals surface area contributed by atoms with E-state index in [2.05, 4.69) is 16.9 Å². The van der Waals surface area contributed by atoms with Gasteiger partial charge in [-0.25, -0.2) is 8.78 Å². The van der Waals surface area contributed by atoms with E-state index in [1.165, 1.54) is 10.6 Å². The molecule has 0 bridgehead atoms. The first-order valence-corrected chi connectivity index (χ1v) is 8.40. The van der Waals surface area contributed by atoms with E-state index in [0.29, 0.717) is 30.2 Å². The van der Waals surface area contributed by atoms with Crippen molar-refractivity contribution in [1.82, 2.24) is 14.9 Å². The molecular weight excluding hydrogens is 340 g/mol. The third kappa shape index (κ3) is 2.78. The van der Waals surface area contributed by atoms with Crippen LogP contribution in [0.3, 0.4) is 0 Å². The van der Waals surface area contributed by atoms with Gasteiger partial charge in [-0.2, -0.15) is 4.98 Å². The molecule has 138 valence electrons. The third-order valence-corrected chi connectivity index (χ3v) is 4.30. The highest BCUT2D eigenvalue weighted by atomic mass is 19.2. The molecule has 1 aromatic heterocycles. The number of allylic oxidation sites excluding steroid dienone is 2. The molecule has 1 unspecified atom stereocenters. The highest BCUT2D eigenvalue weighted by Gasteiger charge is 2.30. The molecule has 1 aromatic carbocycles. The average Bonchev–Trinajstić information content (AvgIpc) is 3.21. The SMILES string of the molecule is C=CC1=C(/C(=C\C)n2c(OCC)nc3ccc(F)c(F)c32)OCC1NC. The molecule has 2 heterocycles. The molecule has 0 saturated heterocycles. The van der Waals surface area contributed by atoms with Crippen molar-refractivity contribution < 1.29 is 18.3 Å². The van der Waals surface area contributed by atoms with E-state index < -0.39 is 11.6 Å². The normalized spacial score (nSPS) is 17.7.